The first-order valence-corrected chi connectivity index (χ1v) is 6.40. The van der Waals surface area contributed by atoms with E-state index in [0.29, 0.717) is 11.5 Å². The zero-order chi connectivity index (χ0) is 15.1. The molecule has 0 saturated carbocycles. The van der Waals surface area contributed by atoms with Crippen molar-refractivity contribution in [3.05, 3.63) is 60.2 Å². The van der Waals surface area contributed by atoms with Crippen molar-refractivity contribution in [3.63, 3.8) is 0 Å². The van der Waals surface area contributed by atoms with E-state index in [1.54, 1.807) is 31.4 Å². The van der Waals surface area contributed by atoms with E-state index in [-0.39, 0.29) is 0 Å². The highest BCUT2D eigenvalue weighted by atomic mass is 16.6. The number of rotatable bonds is 5. The molecule has 2 aromatic carbocycles. The lowest BCUT2D eigenvalue weighted by Crippen LogP contribution is -2.04. The topological polar surface area (TPSA) is 44.8 Å². The van der Waals surface area contributed by atoms with Gasteiger partial charge in [-0.2, -0.15) is 0 Å². The van der Waals surface area contributed by atoms with Crippen LogP contribution in [0.5, 0.6) is 17.2 Å². The van der Waals surface area contributed by atoms with Gasteiger partial charge in [0.05, 0.1) is 14.2 Å². The lowest BCUT2D eigenvalue weighted by molar-refractivity contribution is -0.129. The van der Waals surface area contributed by atoms with Gasteiger partial charge in [0.1, 0.15) is 5.75 Å². The first-order chi connectivity index (χ1) is 10.2. The fraction of sp³-hybridized carbons (Fsp3) is 0.118. The van der Waals surface area contributed by atoms with Gasteiger partial charge in [0.15, 0.2) is 11.5 Å². The van der Waals surface area contributed by atoms with Crippen LogP contribution in [0.15, 0.2) is 54.6 Å². The number of benzene rings is 2. The fourth-order valence-corrected chi connectivity index (χ4v) is 1.72. The van der Waals surface area contributed by atoms with E-state index in [4.69, 9.17) is 14.2 Å². The molecule has 0 bridgehead atoms. The lowest BCUT2D eigenvalue weighted by Gasteiger charge is -2.06. The molecule has 0 spiro atoms. The van der Waals surface area contributed by atoms with Crippen molar-refractivity contribution in [2.75, 3.05) is 14.2 Å². The number of carbonyl (C=O) groups excluding carboxylic acids is 1. The Kier molecular flexibility index (Phi) is 4.99. The summed E-state index contributed by atoms with van der Waals surface area (Å²) in [6.45, 7) is 0. The maximum absolute atomic E-state index is 11.8. The van der Waals surface area contributed by atoms with Crippen molar-refractivity contribution >= 4 is 12.0 Å². The highest BCUT2D eigenvalue weighted by Gasteiger charge is 2.06. The summed E-state index contributed by atoms with van der Waals surface area (Å²) in [6.07, 6.45) is 3.05. The van der Waals surface area contributed by atoms with Gasteiger partial charge in [0, 0.05) is 6.08 Å². The largest absolute Gasteiger partial charge is 0.497 e. The minimum Gasteiger partial charge on any atom is -0.497 e. The van der Waals surface area contributed by atoms with Crippen LogP contribution < -0.4 is 14.2 Å². The Bertz CT molecular complexity index is 629. The first-order valence-electron chi connectivity index (χ1n) is 6.40. The maximum Gasteiger partial charge on any atom is 0.336 e. The quantitative estimate of drug-likeness (QED) is 0.480. The molecule has 0 aliphatic rings. The van der Waals surface area contributed by atoms with Crippen LogP contribution in [0.3, 0.4) is 0 Å². The average Bonchev–Trinajstić information content (AvgIpc) is 2.54. The number of para-hydroxylation sites is 2. The van der Waals surface area contributed by atoms with Crippen LogP contribution in [0, 0.1) is 0 Å². The molecule has 2 aromatic rings. The monoisotopic (exact) mass is 284 g/mol. The van der Waals surface area contributed by atoms with Gasteiger partial charge in [-0.25, -0.2) is 4.79 Å². The van der Waals surface area contributed by atoms with E-state index in [2.05, 4.69) is 0 Å². The van der Waals surface area contributed by atoms with Crippen molar-refractivity contribution in [1.29, 1.82) is 0 Å². The first kappa shape index (κ1) is 14.7. The molecule has 0 N–H and O–H groups in total. The summed E-state index contributed by atoms with van der Waals surface area (Å²) >= 11 is 0. The van der Waals surface area contributed by atoms with Gasteiger partial charge in [-0.1, -0.05) is 24.3 Å². The number of methoxy groups -OCH3 is 2. The van der Waals surface area contributed by atoms with Gasteiger partial charge in [0.25, 0.3) is 0 Å². The highest BCUT2D eigenvalue weighted by Crippen LogP contribution is 2.25. The summed E-state index contributed by atoms with van der Waals surface area (Å²) in [5.41, 5.74) is 0.882. The van der Waals surface area contributed by atoms with Crippen molar-refractivity contribution in [2.24, 2.45) is 0 Å². The molecule has 0 fully saturated rings. The van der Waals surface area contributed by atoms with Crippen molar-refractivity contribution in [3.8, 4) is 17.2 Å². The van der Waals surface area contributed by atoms with Crippen molar-refractivity contribution < 1.29 is 19.0 Å². The Labute approximate surface area is 123 Å². The van der Waals surface area contributed by atoms with Crippen LogP contribution in [-0.2, 0) is 4.79 Å². The Balaban J connectivity index is 2.02. The Morgan fingerprint density at radius 1 is 0.905 bits per heavy atom. The van der Waals surface area contributed by atoms with Crippen molar-refractivity contribution in [2.45, 2.75) is 0 Å². The molecule has 0 aliphatic carbocycles. The van der Waals surface area contributed by atoms with Crippen LogP contribution in [-0.4, -0.2) is 20.2 Å². The van der Waals surface area contributed by atoms with E-state index in [0.717, 1.165) is 11.3 Å². The fourth-order valence-electron chi connectivity index (χ4n) is 1.72. The number of carbonyl (C=O) groups is 1. The van der Waals surface area contributed by atoms with Crippen LogP contribution in [0.1, 0.15) is 5.56 Å². The molecule has 0 unspecified atom stereocenters. The standard InChI is InChI=1S/C17H16O4/c1-19-14-10-7-13(8-11-14)9-12-17(18)21-16-6-4-3-5-15(16)20-2/h3-12H,1-2H3/b12-9+. The molecule has 0 atom stereocenters. The Morgan fingerprint density at radius 2 is 1.57 bits per heavy atom. The smallest absolute Gasteiger partial charge is 0.336 e. The third kappa shape index (κ3) is 4.11. The average molecular weight is 284 g/mol. The van der Waals surface area contributed by atoms with Gasteiger partial charge in [-0.15, -0.1) is 0 Å². The van der Waals surface area contributed by atoms with Gasteiger partial charge < -0.3 is 14.2 Å². The molecule has 0 heterocycles. The summed E-state index contributed by atoms with van der Waals surface area (Å²) in [7, 11) is 3.13. The van der Waals surface area contributed by atoms with E-state index >= 15 is 0 Å². The van der Waals surface area contributed by atoms with E-state index in [1.807, 2.05) is 30.3 Å². The second-order valence-electron chi connectivity index (χ2n) is 4.18. The van der Waals surface area contributed by atoms with Crippen LogP contribution >= 0.6 is 0 Å². The van der Waals surface area contributed by atoms with E-state index < -0.39 is 5.97 Å². The predicted molar refractivity (Wildman–Crippen MR) is 80.7 cm³/mol. The lowest BCUT2D eigenvalue weighted by atomic mass is 10.2. The Morgan fingerprint density at radius 3 is 2.19 bits per heavy atom. The molecule has 108 valence electrons. The predicted octanol–water partition coefficient (Wildman–Crippen LogP) is 3.32. The second-order valence-corrected chi connectivity index (χ2v) is 4.18. The van der Waals surface area contributed by atoms with Gasteiger partial charge in [0.2, 0.25) is 0 Å². The number of hydrogen-bond donors (Lipinski definition) is 0. The second kappa shape index (κ2) is 7.14. The molecule has 4 nitrogen and oxygen atoms in total. The number of ether oxygens (including phenoxy) is 3. The van der Waals surface area contributed by atoms with E-state index in [1.165, 1.54) is 13.2 Å². The molecule has 4 heteroatoms. The Hall–Kier alpha value is -2.75. The number of hydrogen-bond acceptors (Lipinski definition) is 4. The summed E-state index contributed by atoms with van der Waals surface area (Å²) < 4.78 is 15.4. The third-order valence-corrected chi connectivity index (χ3v) is 2.81. The zero-order valence-electron chi connectivity index (χ0n) is 11.9. The normalized spacial score (nSPS) is 10.4. The molecular weight excluding hydrogens is 268 g/mol. The van der Waals surface area contributed by atoms with Gasteiger partial charge in [-0.05, 0) is 35.9 Å². The summed E-state index contributed by atoms with van der Waals surface area (Å²) in [5, 5.41) is 0. The third-order valence-electron chi connectivity index (χ3n) is 2.81. The SMILES string of the molecule is COc1ccc(/C=C/C(=O)Oc2ccccc2OC)cc1. The molecule has 0 aromatic heterocycles. The highest BCUT2D eigenvalue weighted by molar-refractivity contribution is 5.89. The molecule has 0 aliphatic heterocycles. The van der Waals surface area contributed by atoms with Gasteiger partial charge in [-0.3, -0.25) is 0 Å². The summed E-state index contributed by atoms with van der Waals surface area (Å²) in [6, 6.07) is 14.4. The minimum atomic E-state index is -0.463. The van der Waals surface area contributed by atoms with Gasteiger partial charge >= 0.3 is 5.97 Å². The number of esters is 1. The molecule has 0 amide bonds. The van der Waals surface area contributed by atoms with Crippen LogP contribution in [0.25, 0.3) is 6.08 Å². The summed E-state index contributed by atoms with van der Waals surface area (Å²) in [5.74, 6) is 1.21. The molecule has 0 radical (unpaired) electrons. The molecule has 21 heavy (non-hydrogen) atoms. The molecule has 2 rings (SSSR count). The van der Waals surface area contributed by atoms with E-state index in [9.17, 15) is 4.79 Å². The van der Waals surface area contributed by atoms with Crippen LogP contribution in [0.4, 0.5) is 0 Å². The zero-order valence-corrected chi connectivity index (χ0v) is 11.9. The minimum absolute atomic E-state index is 0.393. The maximum atomic E-state index is 11.8. The molecular formula is C17H16O4. The van der Waals surface area contributed by atoms with Crippen molar-refractivity contribution in [1.82, 2.24) is 0 Å². The molecule has 0 saturated heterocycles. The summed E-state index contributed by atoms with van der Waals surface area (Å²) in [4.78, 5) is 11.8. The van der Waals surface area contributed by atoms with Crippen LogP contribution in [0.2, 0.25) is 0 Å².